The van der Waals surface area contributed by atoms with Gasteiger partial charge in [-0.15, -0.1) is 0 Å². The maximum atomic E-state index is 11.2. The van der Waals surface area contributed by atoms with Gasteiger partial charge < -0.3 is 4.57 Å². The molecular weight excluding hydrogens is 308 g/mol. The van der Waals surface area contributed by atoms with Crippen LogP contribution in [0.15, 0.2) is 27.9 Å². The maximum absolute atomic E-state index is 11.2. The summed E-state index contributed by atoms with van der Waals surface area (Å²) in [6, 6.07) is 2.44. The van der Waals surface area contributed by atoms with E-state index in [1.165, 1.54) is 18.9 Å². The van der Waals surface area contributed by atoms with E-state index < -0.39 is 5.91 Å². The molecule has 0 aromatic carbocycles. The molecule has 1 heterocycles. The molecule has 2 atom stereocenters. The van der Waals surface area contributed by atoms with E-state index in [2.05, 4.69) is 37.4 Å². The van der Waals surface area contributed by atoms with Gasteiger partial charge in [-0.2, -0.15) is 0 Å². The summed E-state index contributed by atoms with van der Waals surface area (Å²) in [5.41, 5.74) is 9.14. The van der Waals surface area contributed by atoms with Crippen LogP contribution < -0.4 is 0 Å². The Morgan fingerprint density at radius 3 is 3.05 bits per heavy atom. The average molecular weight is 323 g/mol. The monoisotopic (exact) mass is 322 g/mol. The molecule has 0 aliphatic heterocycles. The predicted molar refractivity (Wildman–Crippen MR) is 77.4 cm³/mol. The number of hydrogen-bond donors (Lipinski definition) is 0. The van der Waals surface area contributed by atoms with Crippen molar-refractivity contribution in [2.24, 2.45) is 11.0 Å². The van der Waals surface area contributed by atoms with Gasteiger partial charge in [0.2, 0.25) is 5.91 Å². The Morgan fingerprint density at radius 2 is 2.42 bits per heavy atom. The van der Waals surface area contributed by atoms with Crippen molar-refractivity contribution < 1.29 is 4.79 Å². The Hall–Kier alpha value is -1.52. The van der Waals surface area contributed by atoms with E-state index in [-0.39, 0.29) is 0 Å². The predicted octanol–water partition coefficient (Wildman–Crippen LogP) is 4.46. The maximum Gasteiger partial charge on any atom is 0.242 e. The van der Waals surface area contributed by atoms with Crippen molar-refractivity contribution in [2.75, 3.05) is 0 Å². The smallest absolute Gasteiger partial charge is 0.242 e. The molecule has 19 heavy (non-hydrogen) atoms. The number of rotatable bonds is 3. The molecule has 1 aliphatic carbocycles. The standard InChI is InChI=1S/C13H15BrN4O/c1-9-3-2-4-12(9)18-8-10(14)7-11(18)5-6-13(19)16-17-15/h5-9,12H,2-4H2,1H3/b6-5+. The van der Waals surface area contributed by atoms with Crippen LogP contribution in [0.1, 0.15) is 37.9 Å². The number of azide groups is 1. The first kappa shape index (κ1) is 13.9. The molecule has 1 saturated carbocycles. The SMILES string of the molecule is CC1CCCC1n1cc(Br)cc1/C=C/C(=O)N=[N+]=[N-]. The summed E-state index contributed by atoms with van der Waals surface area (Å²) in [6.07, 6.45) is 8.69. The first-order valence-corrected chi connectivity index (χ1v) is 7.05. The van der Waals surface area contributed by atoms with Gasteiger partial charge in [0.1, 0.15) is 0 Å². The second-order valence-electron chi connectivity index (χ2n) is 4.83. The van der Waals surface area contributed by atoms with Gasteiger partial charge in [0.05, 0.1) is 0 Å². The van der Waals surface area contributed by atoms with Gasteiger partial charge in [-0.25, -0.2) is 0 Å². The quantitative estimate of drug-likeness (QED) is 0.350. The second-order valence-corrected chi connectivity index (χ2v) is 5.74. The van der Waals surface area contributed by atoms with Gasteiger partial charge in [-0.3, -0.25) is 4.79 Å². The van der Waals surface area contributed by atoms with Crippen LogP contribution in [-0.4, -0.2) is 10.5 Å². The van der Waals surface area contributed by atoms with Gasteiger partial charge >= 0.3 is 0 Å². The molecular formula is C13H15BrN4O. The van der Waals surface area contributed by atoms with Crippen LogP contribution in [0.5, 0.6) is 0 Å². The molecule has 2 unspecified atom stereocenters. The molecule has 1 fully saturated rings. The summed E-state index contributed by atoms with van der Waals surface area (Å²) in [5, 5.41) is 3.02. The molecule has 0 saturated heterocycles. The van der Waals surface area contributed by atoms with E-state index in [0.717, 1.165) is 16.6 Å². The molecule has 1 amide bonds. The highest BCUT2D eigenvalue weighted by Crippen LogP contribution is 2.37. The van der Waals surface area contributed by atoms with Crippen molar-refractivity contribution in [1.82, 2.24) is 4.57 Å². The van der Waals surface area contributed by atoms with Crippen LogP contribution in [0.2, 0.25) is 0 Å². The molecule has 2 rings (SSSR count). The Morgan fingerprint density at radius 1 is 1.63 bits per heavy atom. The number of hydrogen-bond acceptors (Lipinski definition) is 1. The first-order valence-electron chi connectivity index (χ1n) is 6.26. The number of halogens is 1. The van der Waals surface area contributed by atoms with E-state index in [4.69, 9.17) is 5.53 Å². The van der Waals surface area contributed by atoms with Crippen molar-refractivity contribution in [2.45, 2.75) is 32.2 Å². The summed E-state index contributed by atoms with van der Waals surface area (Å²) < 4.78 is 3.18. The fraction of sp³-hybridized carbons (Fsp3) is 0.462. The molecule has 0 N–H and O–H groups in total. The lowest BCUT2D eigenvalue weighted by molar-refractivity contribution is -0.113. The minimum Gasteiger partial charge on any atom is -0.343 e. The zero-order valence-electron chi connectivity index (χ0n) is 10.7. The highest BCUT2D eigenvalue weighted by molar-refractivity contribution is 9.10. The number of amides is 1. The van der Waals surface area contributed by atoms with Gasteiger partial charge in [0.25, 0.3) is 0 Å². The summed E-state index contributed by atoms with van der Waals surface area (Å²) in [5.74, 6) is 0.0603. The molecule has 0 spiro atoms. The molecule has 5 nitrogen and oxygen atoms in total. The summed E-state index contributed by atoms with van der Waals surface area (Å²) in [6.45, 7) is 2.25. The lowest BCUT2D eigenvalue weighted by atomic mass is 10.1. The van der Waals surface area contributed by atoms with Crippen molar-refractivity contribution in [3.63, 3.8) is 0 Å². The van der Waals surface area contributed by atoms with E-state index in [1.54, 1.807) is 6.08 Å². The van der Waals surface area contributed by atoms with Crippen molar-refractivity contribution in [3.8, 4) is 0 Å². The van der Waals surface area contributed by atoms with Gasteiger partial charge in [0.15, 0.2) is 0 Å². The van der Waals surface area contributed by atoms with Crippen LogP contribution in [0, 0.1) is 5.92 Å². The second kappa shape index (κ2) is 6.08. The van der Waals surface area contributed by atoms with Crippen LogP contribution in [0.4, 0.5) is 0 Å². The fourth-order valence-electron chi connectivity index (χ4n) is 2.66. The lowest BCUT2D eigenvalue weighted by Crippen LogP contribution is -2.11. The Kier molecular flexibility index (Phi) is 4.45. The van der Waals surface area contributed by atoms with E-state index >= 15 is 0 Å². The highest BCUT2D eigenvalue weighted by atomic mass is 79.9. The molecule has 100 valence electrons. The van der Waals surface area contributed by atoms with Crippen LogP contribution in [-0.2, 0) is 4.79 Å². The summed E-state index contributed by atoms with van der Waals surface area (Å²) >= 11 is 3.47. The molecule has 0 radical (unpaired) electrons. The third-order valence-electron chi connectivity index (χ3n) is 3.56. The average Bonchev–Trinajstić information content (AvgIpc) is 2.93. The third-order valence-corrected chi connectivity index (χ3v) is 3.99. The van der Waals surface area contributed by atoms with Crippen molar-refractivity contribution in [3.05, 3.63) is 38.9 Å². The number of carbonyl (C=O) groups excluding carboxylic acids is 1. The topological polar surface area (TPSA) is 70.8 Å². The van der Waals surface area contributed by atoms with Crippen LogP contribution in [0.25, 0.3) is 16.5 Å². The molecule has 1 aromatic rings. The number of aromatic nitrogens is 1. The molecule has 1 aliphatic rings. The Bertz CT molecular complexity index is 557. The Labute approximate surface area is 120 Å². The Balaban J connectivity index is 2.25. The van der Waals surface area contributed by atoms with Crippen LogP contribution >= 0.6 is 15.9 Å². The summed E-state index contributed by atoms with van der Waals surface area (Å²) in [4.78, 5) is 13.7. The zero-order chi connectivity index (χ0) is 13.8. The van der Waals surface area contributed by atoms with Crippen molar-refractivity contribution in [1.29, 1.82) is 0 Å². The fourth-order valence-corrected chi connectivity index (χ4v) is 3.11. The molecule has 1 aromatic heterocycles. The summed E-state index contributed by atoms with van der Waals surface area (Å²) in [7, 11) is 0. The third kappa shape index (κ3) is 3.28. The minimum absolute atomic E-state index is 0.473. The van der Waals surface area contributed by atoms with E-state index in [9.17, 15) is 4.79 Å². The zero-order valence-corrected chi connectivity index (χ0v) is 12.2. The first-order chi connectivity index (χ1) is 9.11. The van der Waals surface area contributed by atoms with E-state index in [1.807, 2.05) is 12.3 Å². The van der Waals surface area contributed by atoms with Crippen LogP contribution in [0.3, 0.4) is 0 Å². The largest absolute Gasteiger partial charge is 0.343 e. The van der Waals surface area contributed by atoms with Crippen molar-refractivity contribution >= 4 is 27.9 Å². The minimum atomic E-state index is -0.578. The molecule has 6 heteroatoms. The van der Waals surface area contributed by atoms with Gasteiger partial charge in [-0.1, -0.05) is 13.3 Å². The number of nitrogens with zero attached hydrogens (tertiary/aromatic N) is 4. The number of carbonyl (C=O) groups is 1. The lowest BCUT2D eigenvalue weighted by Gasteiger charge is -2.19. The van der Waals surface area contributed by atoms with E-state index in [0.29, 0.717) is 12.0 Å². The van der Waals surface area contributed by atoms with Gasteiger partial charge in [-0.05, 0) is 63.6 Å². The highest BCUT2D eigenvalue weighted by Gasteiger charge is 2.25. The molecule has 0 bridgehead atoms. The van der Waals surface area contributed by atoms with Gasteiger partial charge in [0, 0.05) is 27.3 Å². The normalized spacial score (nSPS) is 22.6.